The van der Waals surface area contributed by atoms with E-state index < -0.39 is 0 Å². The molecule has 0 aromatic heterocycles. The molecule has 0 N–H and O–H groups in total. The normalized spacial score (nSPS) is 15.5. The van der Waals surface area contributed by atoms with Crippen LogP contribution in [0.15, 0.2) is 51.8 Å². The molecule has 0 spiro atoms. The second-order valence-corrected chi connectivity index (χ2v) is 7.62. The molecule has 2 aromatic carbocycles. The van der Waals surface area contributed by atoms with Gasteiger partial charge < -0.3 is 9.47 Å². The smallest absolute Gasteiger partial charge is 0.293 e. The van der Waals surface area contributed by atoms with E-state index in [2.05, 4.69) is 15.9 Å². The van der Waals surface area contributed by atoms with Crippen LogP contribution in [-0.2, 0) is 11.4 Å². The van der Waals surface area contributed by atoms with Crippen LogP contribution in [0.25, 0.3) is 6.08 Å². The van der Waals surface area contributed by atoms with Gasteiger partial charge in [-0.1, -0.05) is 46.3 Å². The van der Waals surface area contributed by atoms with Crippen molar-refractivity contribution in [3.63, 3.8) is 0 Å². The van der Waals surface area contributed by atoms with Gasteiger partial charge in [0.2, 0.25) is 0 Å². The lowest BCUT2D eigenvalue weighted by atomic mass is 10.1. The Balaban J connectivity index is 1.88. The van der Waals surface area contributed by atoms with Crippen molar-refractivity contribution in [2.75, 3.05) is 13.7 Å². The van der Waals surface area contributed by atoms with Gasteiger partial charge >= 0.3 is 0 Å². The summed E-state index contributed by atoms with van der Waals surface area (Å²) < 4.78 is 12.4. The van der Waals surface area contributed by atoms with Crippen LogP contribution >= 0.6 is 27.7 Å². The molecular weight excluding hydrogens is 430 g/mol. The van der Waals surface area contributed by atoms with Crippen LogP contribution in [0.4, 0.5) is 4.79 Å². The SMILES string of the molecule is CCOc1cc(/C=C2\SC(=O)N(C)C2=O)c(Br)cc1OCc1ccccc1. The first-order valence-electron chi connectivity index (χ1n) is 8.34. The molecular formula is C20H18BrNO4S. The number of amides is 2. The van der Waals surface area contributed by atoms with Crippen molar-refractivity contribution in [1.29, 1.82) is 0 Å². The van der Waals surface area contributed by atoms with Crippen LogP contribution in [0.1, 0.15) is 18.1 Å². The number of rotatable bonds is 6. The number of carbonyl (C=O) groups excluding carboxylic acids is 2. The molecule has 5 nitrogen and oxygen atoms in total. The minimum absolute atomic E-state index is 0.282. The number of hydrogen-bond donors (Lipinski definition) is 0. The average Bonchev–Trinajstić information content (AvgIpc) is 2.91. The fraction of sp³-hybridized carbons (Fsp3) is 0.200. The summed E-state index contributed by atoms with van der Waals surface area (Å²) in [7, 11) is 1.47. The highest BCUT2D eigenvalue weighted by atomic mass is 79.9. The molecule has 0 bridgehead atoms. The third-order valence-corrected chi connectivity index (χ3v) is 5.52. The van der Waals surface area contributed by atoms with Crippen molar-refractivity contribution in [3.8, 4) is 11.5 Å². The quantitative estimate of drug-likeness (QED) is 0.576. The molecule has 3 rings (SSSR count). The van der Waals surface area contributed by atoms with Crippen LogP contribution in [0.5, 0.6) is 11.5 Å². The number of imide groups is 1. The van der Waals surface area contributed by atoms with E-state index in [0.717, 1.165) is 32.3 Å². The summed E-state index contributed by atoms with van der Waals surface area (Å²) in [6.45, 7) is 2.79. The molecule has 0 aliphatic carbocycles. The highest BCUT2D eigenvalue weighted by molar-refractivity contribution is 9.10. The maximum atomic E-state index is 12.1. The van der Waals surface area contributed by atoms with Gasteiger partial charge in [0.05, 0.1) is 11.5 Å². The number of halogens is 1. The third kappa shape index (κ3) is 4.54. The first-order valence-corrected chi connectivity index (χ1v) is 9.95. The Bertz CT molecular complexity index is 898. The van der Waals surface area contributed by atoms with Gasteiger partial charge in [-0.15, -0.1) is 0 Å². The number of benzene rings is 2. The van der Waals surface area contributed by atoms with Gasteiger partial charge in [-0.2, -0.15) is 0 Å². The van der Waals surface area contributed by atoms with Crippen molar-refractivity contribution < 1.29 is 19.1 Å². The van der Waals surface area contributed by atoms with Crippen LogP contribution in [0, 0.1) is 0 Å². The van der Waals surface area contributed by atoms with Gasteiger partial charge in [-0.25, -0.2) is 0 Å². The maximum Gasteiger partial charge on any atom is 0.293 e. The van der Waals surface area contributed by atoms with E-state index >= 15 is 0 Å². The van der Waals surface area contributed by atoms with E-state index in [4.69, 9.17) is 9.47 Å². The van der Waals surface area contributed by atoms with Crippen molar-refractivity contribution in [3.05, 3.63) is 63.0 Å². The van der Waals surface area contributed by atoms with E-state index in [1.165, 1.54) is 7.05 Å². The molecule has 0 atom stereocenters. The standard InChI is InChI=1S/C20H18BrNO4S/c1-3-25-16-9-14(10-18-19(23)22(2)20(24)27-18)15(21)11-17(16)26-12-13-7-5-4-6-8-13/h4-11H,3,12H2,1-2H3/b18-10-. The number of ether oxygens (including phenoxy) is 2. The zero-order valence-corrected chi connectivity index (χ0v) is 17.3. The molecule has 1 saturated heterocycles. The summed E-state index contributed by atoms with van der Waals surface area (Å²) in [6.07, 6.45) is 1.68. The minimum Gasteiger partial charge on any atom is -0.490 e. The van der Waals surface area contributed by atoms with Gasteiger partial charge in [0.1, 0.15) is 6.61 Å². The van der Waals surface area contributed by atoms with Crippen molar-refractivity contribution in [1.82, 2.24) is 4.90 Å². The van der Waals surface area contributed by atoms with E-state index in [9.17, 15) is 9.59 Å². The Morgan fingerprint density at radius 1 is 1.11 bits per heavy atom. The second-order valence-electron chi connectivity index (χ2n) is 5.77. The Morgan fingerprint density at radius 3 is 2.44 bits per heavy atom. The van der Waals surface area contributed by atoms with Crippen LogP contribution in [0.3, 0.4) is 0 Å². The van der Waals surface area contributed by atoms with Gasteiger partial charge in [0, 0.05) is 11.5 Å². The van der Waals surface area contributed by atoms with E-state index in [1.54, 1.807) is 12.1 Å². The molecule has 1 aliphatic rings. The molecule has 27 heavy (non-hydrogen) atoms. The number of carbonyl (C=O) groups is 2. The van der Waals surface area contributed by atoms with Gasteiger partial charge in [-0.05, 0) is 48.0 Å². The number of nitrogens with zero attached hydrogens (tertiary/aromatic N) is 1. The van der Waals surface area contributed by atoms with Crippen LogP contribution < -0.4 is 9.47 Å². The lowest BCUT2D eigenvalue weighted by Gasteiger charge is -2.14. The Labute approximate surface area is 170 Å². The second kappa shape index (κ2) is 8.63. The maximum absolute atomic E-state index is 12.1. The van der Waals surface area contributed by atoms with E-state index in [-0.39, 0.29) is 11.1 Å². The lowest BCUT2D eigenvalue weighted by molar-refractivity contribution is -0.121. The fourth-order valence-electron chi connectivity index (χ4n) is 2.46. The van der Waals surface area contributed by atoms with E-state index in [0.29, 0.717) is 29.6 Å². The Morgan fingerprint density at radius 2 is 1.81 bits per heavy atom. The predicted octanol–water partition coefficient (Wildman–Crippen LogP) is 5.09. The van der Waals surface area contributed by atoms with Crippen molar-refractivity contribution in [2.24, 2.45) is 0 Å². The number of likely N-dealkylation sites (N-methyl/N-ethyl adjacent to an activating group) is 1. The molecule has 1 aliphatic heterocycles. The zero-order valence-electron chi connectivity index (χ0n) is 14.9. The molecule has 2 amide bonds. The predicted molar refractivity (Wildman–Crippen MR) is 110 cm³/mol. The summed E-state index contributed by atoms with van der Waals surface area (Å²) in [4.78, 5) is 25.3. The molecule has 0 saturated carbocycles. The minimum atomic E-state index is -0.306. The molecule has 0 radical (unpaired) electrons. The summed E-state index contributed by atoms with van der Waals surface area (Å²) in [5, 5.41) is -0.282. The van der Waals surface area contributed by atoms with Crippen LogP contribution in [-0.4, -0.2) is 29.7 Å². The van der Waals surface area contributed by atoms with Crippen molar-refractivity contribution >= 4 is 44.9 Å². The molecule has 0 unspecified atom stereocenters. The van der Waals surface area contributed by atoms with Crippen molar-refractivity contribution in [2.45, 2.75) is 13.5 Å². The first-order chi connectivity index (χ1) is 13.0. The molecule has 1 heterocycles. The Hall–Kier alpha value is -2.25. The number of thioether (sulfide) groups is 1. The van der Waals surface area contributed by atoms with E-state index in [1.807, 2.05) is 43.3 Å². The molecule has 7 heteroatoms. The highest BCUT2D eigenvalue weighted by Crippen LogP contribution is 2.38. The first kappa shape index (κ1) is 19.5. The largest absolute Gasteiger partial charge is 0.490 e. The lowest BCUT2D eigenvalue weighted by Crippen LogP contribution is -2.22. The molecule has 140 valence electrons. The summed E-state index contributed by atoms with van der Waals surface area (Å²) in [6, 6.07) is 13.5. The molecule has 2 aromatic rings. The molecule has 1 fully saturated rings. The monoisotopic (exact) mass is 447 g/mol. The summed E-state index contributed by atoms with van der Waals surface area (Å²) in [5.41, 5.74) is 1.79. The fourth-order valence-corrected chi connectivity index (χ4v) is 3.72. The highest BCUT2D eigenvalue weighted by Gasteiger charge is 2.32. The third-order valence-electron chi connectivity index (χ3n) is 3.87. The average molecular weight is 448 g/mol. The topological polar surface area (TPSA) is 55.8 Å². The summed E-state index contributed by atoms with van der Waals surface area (Å²) >= 11 is 4.44. The van der Waals surface area contributed by atoms with Gasteiger partial charge in [0.15, 0.2) is 11.5 Å². The summed E-state index contributed by atoms with van der Waals surface area (Å²) in [5.74, 6) is 0.881. The van der Waals surface area contributed by atoms with Crippen LogP contribution in [0.2, 0.25) is 0 Å². The Kier molecular flexibility index (Phi) is 6.23. The van der Waals surface area contributed by atoms with Gasteiger partial charge in [0.25, 0.3) is 11.1 Å². The number of hydrogen-bond acceptors (Lipinski definition) is 5. The zero-order chi connectivity index (χ0) is 19.4. The van der Waals surface area contributed by atoms with Gasteiger partial charge in [-0.3, -0.25) is 14.5 Å².